The van der Waals surface area contributed by atoms with E-state index in [-0.39, 0.29) is 30.9 Å². The van der Waals surface area contributed by atoms with Gasteiger partial charge in [-0.3, -0.25) is 0 Å². The van der Waals surface area contributed by atoms with Gasteiger partial charge in [-0.25, -0.2) is 9.59 Å². The van der Waals surface area contributed by atoms with E-state index in [4.69, 9.17) is 24.8 Å². The number of aromatic carboxylic acids is 1. The summed E-state index contributed by atoms with van der Waals surface area (Å²) in [5.41, 5.74) is -0.0811. The van der Waals surface area contributed by atoms with Crippen LogP contribution >= 0.6 is 0 Å². The highest BCUT2D eigenvalue weighted by Crippen LogP contribution is 2.10. The van der Waals surface area contributed by atoms with Crippen molar-refractivity contribution < 1.29 is 39.5 Å². The Kier molecular flexibility index (Phi) is 7.47. The summed E-state index contributed by atoms with van der Waals surface area (Å²) in [5, 5.41) is 36.0. The number of carboxylic acids is 1. The maximum Gasteiger partial charge on any atom is 0.338 e. The summed E-state index contributed by atoms with van der Waals surface area (Å²) in [7, 11) is 0. The fourth-order valence-corrected chi connectivity index (χ4v) is 1.59. The molecule has 2 unspecified atom stereocenters. The Morgan fingerprint density at radius 2 is 1.86 bits per heavy atom. The third-order valence-corrected chi connectivity index (χ3v) is 2.74. The van der Waals surface area contributed by atoms with Crippen molar-refractivity contribution in [3.05, 3.63) is 35.4 Å². The first-order valence-corrected chi connectivity index (χ1v) is 6.51. The fourth-order valence-electron chi connectivity index (χ4n) is 1.59. The molecule has 0 fully saturated rings. The molecule has 0 heterocycles. The summed E-state index contributed by atoms with van der Waals surface area (Å²) in [6.07, 6.45) is -2.50. The number of esters is 1. The second-order valence-corrected chi connectivity index (χ2v) is 4.38. The summed E-state index contributed by atoms with van der Waals surface area (Å²) in [6, 6.07) is 5.22. The first-order valence-electron chi connectivity index (χ1n) is 6.51. The van der Waals surface area contributed by atoms with Gasteiger partial charge in [0.1, 0.15) is 6.10 Å². The number of hydrogen-bond donors (Lipinski definition) is 4. The number of carbonyl (C=O) groups is 2. The van der Waals surface area contributed by atoms with Crippen molar-refractivity contribution >= 4 is 11.9 Å². The lowest BCUT2D eigenvalue weighted by molar-refractivity contribution is -0.0731. The largest absolute Gasteiger partial charge is 0.478 e. The standard InChI is InChI=1S/C14H18O8/c15-4-5-21-8-12(11(17)7-16)22-14(20)10-3-1-2-9(6-10)13(18)19/h1-3,6,11-12,15-17H,4-5,7-8H2,(H,18,19). The molecule has 0 spiro atoms. The second kappa shape index (κ2) is 9.11. The molecule has 2 atom stereocenters. The Labute approximate surface area is 126 Å². The van der Waals surface area contributed by atoms with Gasteiger partial charge in [-0.15, -0.1) is 0 Å². The average molecular weight is 314 g/mol. The van der Waals surface area contributed by atoms with E-state index in [0.29, 0.717) is 0 Å². The molecule has 8 heteroatoms. The van der Waals surface area contributed by atoms with E-state index in [0.717, 1.165) is 6.07 Å². The van der Waals surface area contributed by atoms with Crippen LogP contribution < -0.4 is 0 Å². The SMILES string of the molecule is O=C(O)c1cccc(C(=O)OC(COCCO)C(O)CO)c1. The average Bonchev–Trinajstić information content (AvgIpc) is 2.53. The lowest BCUT2D eigenvalue weighted by Gasteiger charge is -2.21. The fraction of sp³-hybridized carbons (Fsp3) is 0.429. The van der Waals surface area contributed by atoms with E-state index in [1.54, 1.807) is 0 Å². The number of hydrogen-bond acceptors (Lipinski definition) is 7. The van der Waals surface area contributed by atoms with Crippen LogP contribution in [0.2, 0.25) is 0 Å². The lowest BCUT2D eigenvalue weighted by Crippen LogP contribution is -2.38. The van der Waals surface area contributed by atoms with Gasteiger partial charge in [0.2, 0.25) is 0 Å². The van der Waals surface area contributed by atoms with Crippen molar-refractivity contribution in [1.29, 1.82) is 0 Å². The van der Waals surface area contributed by atoms with Crippen molar-refractivity contribution in [3.8, 4) is 0 Å². The van der Waals surface area contributed by atoms with Crippen LogP contribution in [0.25, 0.3) is 0 Å². The second-order valence-electron chi connectivity index (χ2n) is 4.38. The Morgan fingerprint density at radius 3 is 2.45 bits per heavy atom. The quantitative estimate of drug-likeness (QED) is 0.346. The molecule has 0 aliphatic heterocycles. The third kappa shape index (κ3) is 5.41. The van der Waals surface area contributed by atoms with Gasteiger partial charge >= 0.3 is 11.9 Å². The predicted octanol–water partition coefficient (Wildman–Crippen LogP) is -0.728. The molecule has 1 aromatic rings. The van der Waals surface area contributed by atoms with E-state index in [1.165, 1.54) is 18.2 Å². The van der Waals surface area contributed by atoms with Gasteiger partial charge < -0.3 is 29.9 Å². The number of carbonyl (C=O) groups excluding carboxylic acids is 1. The monoisotopic (exact) mass is 314 g/mol. The number of benzene rings is 1. The molecule has 0 aliphatic rings. The lowest BCUT2D eigenvalue weighted by atomic mass is 10.1. The predicted molar refractivity (Wildman–Crippen MR) is 73.6 cm³/mol. The van der Waals surface area contributed by atoms with Crippen LogP contribution in [0.15, 0.2) is 24.3 Å². The molecule has 0 aromatic heterocycles. The molecule has 0 aliphatic carbocycles. The third-order valence-electron chi connectivity index (χ3n) is 2.74. The minimum Gasteiger partial charge on any atom is -0.478 e. The molecular formula is C14H18O8. The van der Waals surface area contributed by atoms with E-state index >= 15 is 0 Å². The molecule has 0 bridgehead atoms. The van der Waals surface area contributed by atoms with Crippen LogP contribution in [-0.2, 0) is 9.47 Å². The van der Waals surface area contributed by atoms with Gasteiger partial charge in [-0.2, -0.15) is 0 Å². The van der Waals surface area contributed by atoms with Crippen molar-refractivity contribution in [2.24, 2.45) is 0 Å². The Balaban J connectivity index is 2.77. The first-order chi connectivity index (χ1) is 10.5. The number of aliphatic hydroxyl groups is 3. The zero-order chi connectivity index (χ0) is 16.5. The van der Waals surface area contributed by atoms with Gasteiger partial charge in [0.15, 0.2) is 6.10 Å². The van der Waals surface area contributed by atoms with Crippen LogP contribution in [0.4, 0.5) is 0 Å². The first kappa shape index (κ1) is 18.1. The summed E-state index contributed by atoms with van der Waals surface area (Å²) >= 11 is 0. The van der Waals surface area contributed by atoms with Gasteiger partial charge in [-0.1, -0.05) is 6.07 Å². The number of aliphatic hydroxyl groups excluding tert-OH is 3. The summed E-state index contributed by atoms with van der Waals surface area (Å²) < 4.78 is 10.00. The highest BCUT2D eigenvalue weighted by atomic mass is 16.6. The summed E-state index contributed by atoms with van der Waals surface area (Å²) in [5.74, 6) is -2.04. The zero-order valence-electron chi connectivity index (χ0n) is 11.7. The van der Waals surface area contributed by atoms with Crippen LogP contribution in [0, 0.1) is 0 Å². The van der Waals surface area contributed by atoms with Gasteiger partial charge in [0, 0.05) is 0 Å². The molecule has 4 N–H and O–H groups in total. The molecule has 0 radical (unpaired) electrons. The summed E-state index contributed by atoms with van der Waals surface area (Å²) in [4.78, 5) is 22.8. The molecule has 1 aromatic carbocycles. The molecule has 122 valence electrons. The van der Waals surface area contributed by atoms with Gasteiger partial charge in [0.25, 0.3) is 0 Å². The molecule has 0 saturated carbocycles. The zero-order valence-corrected chi connectivity index (χ0v) is 11.7. The van der Waals surface area contributed by atoms with Crippen LogP contribution in [0.1, 0.15) is 20.7 Å². The highest BCUT2D eigenvalue weighted by molar-refractivity contribution is 5.94. The van der Waals surface area contributed by atoms with Crippen LogP contribution in [0.5, 0.6) is 0 Å². The Bertz CT molecular complexity index is 501. The number of ether oxygens (including phenoxy) is 2. The highest BCUT2D eigenvalue weighted by Gasteiger charge is 2.24. The van der Waals surface area contributed by atoms with Crippen LogP contribution in [-0.4, -0.2) is 71.0 Å². The maximum absolute atomic E-state index is 12.0. The normalized spacial score (nSPS) is 13.4. The minimum absolute atomic E-state index is 0.00259. The topological polar surface area (TPSA) is 134 Å². The van der Waals surface area contributed by atoms with Crippen molar-refractivity contribution in [2.45, 2.75) is 12.2 Å². The van der Waals surface area contributed by atoms with Crippen molar-refractivity contribution in [3.63, 3.8) is 0 Å². The Morgan fingerprint density at radius 1 is 1.18 bits per heavy atom. The van der Waals surface area contributed by atoms with E-state index in [9.17, 15) is 14.7 Å². The molecule has 22 heavy (non-hydrogen) atoms. The minimum atomic E-state index is -1.36. The van der Waals surface area contributed by atoms with E-state index < -0.39 is 30.8 Å². The molecule has 1 rings (SSSR count). The van der Waals surface area contributed by atoms with Crippen molar-refractivity contribution in [1.82, 2.24) is 0 Å². The molecule has 0 saturated heterocycles. The Hall–Kier alpha value is -2.00. The summed E-state index contributed by atoms with van der Waals surface area (Å²) in [6.45, 7) is -1.11. The van der Waals surface area contributed by atoms with Gasteiger partial charge in [-0.05, 0) is 18.2 Å². The smallest absolute Gasteiger partial charge is 0.338 e. The molecule has 8 nitrogen and oxygen atoms in total. The number of rotatable bonds is 9. The van der Waals surface area contributed by atoms with Crippen molar-refractivity contribution in [2.75, 3.05) is 26.4 Å². The van der Waals surface area contributed by atoms with E-state index in [1.807, 2.05) is 0 Å². The molecule has 0 amide bonds. The van der Waals surface area contributed by atoms with E-state index in [2.05, 4.69) is 0 Å². The number of carboxylic acid groups (broad SMARTS) is 1. The molecular weight excluding hydrogens is 296 g/mol. The van der Waals surface area contributed by atoms with Gasteiger partial charge in [0.05, 0.1) is 37.6 Å². The van der Waals surface area contributed by atoms with Crippen LogP contribution in [0.3, 0.4) is 0 Å². The maximum atomic E-state index is 12.0.